The molecule has 0 saturated carbocycles. The van der Waals surface area contributed by atoms with Crippen molar-refractivity contribution in [2.24, 2.45) is 5.73 Å². The number of aliphatic carboxylic acids is 1. The van der Waals surface area contributed by atoms with Crippen molar-refractivity contribution in [1.82, 2.24) is 4.98 Å². The van der Waals surface area contributed by atoms with Crippen LogP contribution >= 0.6 is 0 Å². The lowest BCUT2D eigenvalue weighted by molar-refractivity contribution is -0.143. The van der Waals surface area contributed by atoms with Gasteiger partial charge in [0, 0.05) is 17.3 Å². The zero-order valence-corrected chi connectivity index (χ0v) is 8.00. The minimum Gasteiger partial charge on any atom is -0.480 e. The fourth-order valence-electron chi connectivity index (χ4n) is 1.26. The number of nitrogens with one attached hydrogen (secondary N) is 1. The molecule has 0 spiro atoms. The Morgan fingerprint density at radius 3 is 2.57 bits per heavy atom. The third kappa shape index (κ3) is 1.67. The van der Waals surface area contributed by atoms with E-state index in [4.69, 9.17) is 10.8 Å². The number of pyridine rings is 1. The van der Waals surface area contributed by atoms with Crippen LogP contribution in [0.3, 0.4) is 0 Å². The van der Waals surface area contributed by atoms with Gasteiger partial charge in [0.1, 0.15) is 5.54 Å². The molecule has 1 atom stereocenters. The Balaban J connectivity index is 3.33. The summed E-state index contributed by atoms with van der Waals surface area (Å²) < 4.78 is 0. The predicted octanol–water partition coefficient (Wildman–Crippen LogP) is -0.0582. The highest BCUT2D eigenvalue weighted by molar-refractivity contribution is 5.80. The molecule has 0 saturated heterocycles. The largest absolute Gasteiger partial charge is 0.480 e. The first-order valence-corrected chi connectivity index (χ1v) is 4.08. The Labute approximate surface area is 80.6 Å². The summed E-state index contributed by atoms with van der Waals surface area (Å²) in [4.78, 5) is 24.2. The molecule has 5 nitrogen and oxygen atoms in total. The van der Waals surface area contributed by atoms with Crippen LogP contribution in [0.5, 0.6) is 0 Å². The Morgan fingerprint density at radius 2 is 2.14 bits per heavy atom. The Morgan fingerprint density at radius 1 is 1.57 bits per heavy atom. The zero-order valence-electron chi connectivity index (χ0n) is 8.00. The molecule has 1 aromatic rings. The van der Waals surface area contributed by atoms with Crippen molar-refractivity contribution in [3.63, 3.8) is 0 Å². The molecule has 1 aromatic heterocycles. The van der Waals surface area contributed by atoms with E-state index >= 15 is 0 Å². The minimum atomic E-state index is -1.48. The molecule has 1 heterocycles. The third-order valence-electron chi connectivity index (χ3n) is 2.12. The first-order valence-electron chi connectivity index (χ1n) is 4.08. The second-order valence-corrected chi connectivity index (χ2v) is 3.37. The Bertz CT molecular complexity index is 420. The number of aryl methyl sites for hydroxylation is 1. The van der Waals surface area contributed by atoms with Crippen molar-refractivity contribution in [1.29, 1.82) is 0 Å². The number of hydrogen-bond donors (Lipinski definition) is 3. The van der Waals surface area contributed by atoms with Crippen LogP contribution < -0.4 is 11.3 Å². The molecule has 0 radical (unpaired) electrons. The summed E-state index contributed by atoms with van der Waals surface area (Å²) in [7, 11) is 0. The summed E-state index contributed by atoms with van der Waals surface area (Å²) in [5.74, 6) is -1.13. The maximum Gasteiger partial charge on any atom is 0.328 e. The van der Waals surface area contributed by atoms with E-state index in [0.717, 1.165) is 0 Å². The molecule has 14 heavy (non-hydrogen) atoms. The fourth-order valence-corrected chi connectivity index (χ4v) is 1.26. The van der Waals surface area contributed by atoms with E-state index in [0.29, 0.717) is 11.3 Å². The summed E-state index contributed by atoms with van der Waals surface area (Å²) in [6.07, 6.45) is 0. The van der Waals surface area contributed by atoms with Crippen molar-refractivity contribution in [3.05, 3.63) is 33.7 Å². The molecule has 1 rings (SSSR count). The molecule has 5 heteroatoms. The summed E-state index contributed by atoms with van der Waals surface area (Å²) in [5.41, 5.74) is 4.75. The number of nitrogens with two attached hydrogens (primary N) is 1. The second-order valence-electron chi connectivity index (χ2n) is 3.37. The van der Waals surface area contributed by atoms with Crippen molar-refractivity contribution >= 4 is 5.97 Å². The van der Waals surface area contributed by atoms with Crippen LogP contribution in [0.15, 0.2) is 16.9 Å². The second kappa shape index (κ2) is 3.26. The zero-order chi connectivity index (χ0) is 10.9. The molecule has 0 bridgehead atoms. The van der Waals surface area contributed by atoms with Crippen LogP contribution in [-0.4, -0.2) is 16.1 Å². The molecule has 0 aliphatic heterocycles. The van der Waals surface area contributed by atoms with Gasteiger partial charge < -0.3 is 15.8 Å². The van der Waals surface area contributed by atoms with E-state index in [-0.39, 0.29) is 5.56 Å². The average Bonchev–Trinajstić information content (AvgIpc) is 2.02. The number of rotatable bonds is 2. The SMILES string of the molecule is Cc1[nH]c(=O)ccc1[C@](C)(N)C(=O)O. The van der Waals surface area contributed by atoms with Crippen molar-refractivity contribution < 1.29 is 9.90 Å². The van der Waals surface area contributed by atoms with Crippen LogP contribution in [0.4, 0.5) is 0 Å². The summed E-state index contributed by atoms with van der Waals surface area (Å²) in [6, 6.07) is 2.69. The van der Waals surface area contributed by atoms with Gasteiger partial charge in [-0.05, 0) is 19.9 Å². The highest BCUT2D eigenvalue weighted by atomic mass is 16.4. The van der Waals surface area contributed by atoms with Crippen LogP contribution in [0, 0.1) is 6.92 Å². The number of aromatic amines is 1. The lowest BCUT2D eigenvalue weighted by Gasteiger charge is -2.21. The van der Waals surface area contributed by atoms with E-state index in [2.05, 4.69) is 4.98 Å². The van der Waals surface area contributed by atoms with Gasteiger partial charge in [0.2, 0.25) is 5.56 Å². The fraction of sp³-hybridized carbons (Fsp3) is 0.333. The van der Waals surface area contributed by atoms with Crippen molar-refractivity contribution in [2.75, 3.05) is 0 Å². The number of carbonyl (C=O) groups is 1. The molecule has 0 aliphatic carbocycles. The lowest BCUT2D eigenvalue weighted by atomic mass is 9.92. The number of carboxylic acid groups (broad SMARTS) is 1. The van der Waals surface area contributed by atoms with Crippen molar-refractivity contribution in [2.45, 2.75) is 19.4 Å². The molecular weight excluding hydrogens is 184 g/mol. The average molecular weight is 196 g/mol. The maximum atomic E-state index is 10.9. The van der Waals surface area contributed by atoms with Gasteiger partial charge in [-0.1, -0.05) is 0 Å². The Hall–Kier alpha value is -1.62. The molecule has 4 N–H and O–H groups in total. The highest BCUT2D eigenvalue weighted by Crippen LogP contribution is 2.18. The monoisotopic (exact) mass is 196 g/mol. The smallest absolute Gasteiger partial charge is 0.328 e. The third-order valence-corrected chi connectivity index (χ3v) is 2.12. The van der Waals surface area contributed by atoms with Gasteiger partial charge in [0.15, 0.2) is 0 Å². The van der Waals surface area contributed by atoms with Gasteiger partial charge in [0.25, 0.3) is 0 Å². The first-order chi connectivity index (χ1) is 6.35. The molecule has 76 valence electrons. The molecule has 0 fully saturated rings. The van der Waals surface area contributed by atoms with Crippen LogP contribution in [0.2, 0.25) is 0 Å². The summed E-state index contributed by atoms with van der Waals surface area (Å²) >= 11 is 0. The van der Waals surface area contributed by atoms with Crippen molar-refractivity contribution in [3.8, 4) is 0 Å². The summed E-state index contributed by atoms with van der Waals surface area (Å²) in [5, 5.41) is 8.87. The topological polar surface area (TPSA) is 96.2 Å². The molecule has 0 unspecified atom stereocenters. The van der Waals surface area contributed by atoms with Gasteiger partial charge in [-0.15, -0.1) is 0 Å². The minimum absolute atomic E-state index is 0.271. The van der Waals surface area contributed by atoms with E-state index in [1.54, 1.807) is 6.92 Å². The number of carboxylic acids is 1. The van der Waals surface area contributed by atoms with E-state index in [9.17, 15) is 9.59 Å². The van der Waals surface area contributed by atoms with E-state index < -0.39 is 11.5 Å². The Kier molecular flexibility index (Phi) is 2.44. The molecule has 0 amide bonds. The summed E-state index contributed by atoms with van der Waals surface area (Å²) in [6.45, 7) is 3.00. The van der Waals surface area contributed by atoms with Crippen LogP contribution in [-0.2, 0) is 10.3 Å². The number of H-pyrrole nitrogens is 1. The molecule has 0 aromatic carbocycles. The number of hydrogen-bond acceptors (Lipinski definition) is 3. The first kappa shape index (κ1) is 10.5. The van der Waals surface area contributed by atoms with Crippen LogP contribution in [0.25, 0.3) is 0 Å². The van der Waals surface area contributed by atoms with Crippen LogP contribution in [0.1, 0.15) is 18.2 Å². The van der Waals surface area contributed by atoms with Gasteiger partial charge in [0.05, 0.1) is 0 Å². The molecular formula is C9H12N2O3. The van der Waals surface area contributed by atoms with E-state index in [1.165, 1.54) is 19.1 Å². The van der Waals surface area contributed by atoms with Gasteiger partial charge in [-0.25, -0.2) is 4.79 Å². The predicted molar refractivity (Wildman–Crippen MR) is 51.0 cm³/mol. The maximum absolute atomic E-state index is 10.9. The lowest BCUT2D eigenvalue weighted by Crippen LogP contribution is -2.42. The van der Waals surface area contributed by atoms with Gasteiger partial charge >= 0.3 is 5.97 Å². The quantitative estimate of drug-likeness (QED) is 0.617. The highest BCUT2D eigenvalue weighted by Gasteiger charge is 2.31. The standard InChI is InChI=1S/C9H12N2O3/c1-5-6(3-4-7(12)11-5)9(2,10)8(13)14/h3-4H,10H2,1-2H3,(H,11,12)(H,13,14)/t9-/m0/s1. The van der Waals surface area contributed by atoms with Gasteiger partial charge in [-0.2, -0.15) is 0 Å². The molecule has 0 aliphatic rings. The van der Waals surface area contributed by atoms with E-state index in [1.807, 2.05) is 0 Å². The van der Waals surface area contributed by atoms with Gasteiger partial charge in [-0.3, -0.25) is 4.79 Å². The number of aromatic nitrogens is 1. The normalized spacial score (nSPS) is 14.8.